The number of ether oxygens (including phenoxy) is 2. The largest absolute Gasteiger partial charge is 0.493 e. The first-order valence-corrected chi connectivity index (χ1v) is 5.54. The molecule has 0 atom stereocenters. The highest BCUT2D eigenvalue weighted by Gasteiger charge is 2.46. The summed E-state index contributed by atoms with van der Waals surface area (Å²) in [6, 6.07) is 5.72. The van der Waals surface area contributed by atoms with Crippen LogP contribution in [0.15, 0.2) is 18.2 Å². The van der Waals surface area contributed by atoms with Crippen LogP contribution in [0.25, 0.3) is 0 Å². The van der Waals surface area contributed by atoms with Crippen LogP contribution in [0.5, 0.6) is 11.5 Å². The first kappa shape index (κ1) is 11.0. The molecule has 2 rings (SSSR count). The van der Waals surface area contributed by atoms with Crippen LogP contribution >= 0.6 is 0 Å². The fourth-order valence-electron chi connectivity index (χ4n) is 1.97. The second-order valence-electron chi connectivity index (χ2n) is 4.04. The molecule has 1 saturated carbocycles. The van der Waals surface area contributed by atoms with Crippen LogP contribution in [0.3, 0.4) is 0 Å². The number of aldehydes is 1. The van der Waals surface area contributed by atoms with Gasteiger partial charge in [-0.15, -0.1) is 0 Å². The summed E-state index contributed by atoms with van der Waals surface area (Å²) in [5.74, 6) is 1.42. The van der Waals surface area contributed by atoms with Crippen LogP contribution < -0.4 is 9.47 Å². The van der Waals surface area contributed by atoms with E-state index < -0.39 is 0 Å². The summed E-state index contributed by atoms with van der Waals surface area (Å²) in [5.41, 5.74) is 0.634. The van der Waals surface area contributed by atoms with Crippen LogP contribution in [-0.2, 0) is 10.2 Å². The highest BCUT2D eigenvalue weighted by molar-refractivity contribution is 5.76. The Bertz CT molecular complexity index is 394. The van der Waals surface area contributed by atoms with Crippen molar-refractivity contribution in [3.05, 3.63) is 23.8 Å². The zero-order valence-corrected chi connectivity index (χ0v) is 9.66. The molecule has 3 nitrogen and oxygen atoms in total. The summed E-state index contributed by atoms with van der Waals surface area (Å²) in [5, 5.41) is 0. The molecule has 0 radical (unpaired) electrons. The maximum atomic E-state index is 11.1. The lowest BCUT2D eigenvalue weighted by atomic mass is 9.96. The van der Waals surface area contributed by atoms with E-state index in [-0.39, 0.29) is 5.41 Å². The summed E-state index contributed by atoms with van der Waals surface area (Å²) in [4.78, 5) is 11.1. The van der Waals surface area contributed by atoms with Crippen molar-refractivity contribution < 1.29 is 14.3 Å². The van der Waals surface area contributed by atoms with Crippen LogP contribution in [0.1, 0.15) is 25.3 Å². The Balaban J connectivity index is 2.45. The summed E-state index contributed by atoms with van der Waals surface area (Å²) >= 11 is 0. The SMILES string of the molecule is CCOc1cccc(C2(C=O)CC2)c1OC. The fourth-order valence-corrected chi connectivity index (χ4v) is 1.97. The number of carbonyl (C=O) groups is 1. The zero-order valence-electron chi connectivity index (χ0n) is 9.66. The Labute approximate surface area is 95.4 Å². The summed E-state index contributed by atoms with van der Waals surface area (Å²) in [7, 11) is 1.61. The van der Waals surface area contributed by atoms with E-state index in [0.29, 0.717) is 12.4 Å². The van der Waals surface area contributed by atoms with E-state index in [0.717, 1.165) is 30.4 Å². The molecule has 1 aromatic carbocycles. The summed E-state index contributed by atoms with van der Waals surface area (Å²) in [6.07, 6.45) is 2.84. The monoisotopic (exact) mass is 220 g/mol. The molecule has 16 heavy (non-hydrogen) atoms. The predicted molar refractivity (Wildman–Crippen MR) is 61.1 cm³/mol. The molecule has 0 bridgehead atoms. The second-order valence-corrected chi connectivity index (χ2v) is 4.04. The Morgan fingerprint density at radius 1 is 1.44 bits per heavy atom. The minimum Gasteiger partial charge on any atom is -0.493 e. The Kier molecular flexibility index (Phi) is 2.86. The van der Waals surface area contributed by atoms with E-state index in [1.807, 2.05) is 25.1 Å². The van der Waals surface area contributed by atoms with Gasteiger partial charge in [0.05, 0.1) is 19.1 Å². The molecule has 0 aromatic heterocycles. The Morgan fingerprint density at radius 2 is 2.19 bits per heavy atom. The van der Waals surface area contributed by atoms with Crippen molar-refractivity contribution in [1.82, 2.24) is 0 Å². The lowest BCUT2D eigenvalue weighted by Crippen LogP contribution is -2.10. The van der Waals surface area contributed by atoms with Gasteiger partial charge in [-0.05, 0) is 25.8 Å². The number of rotatable bonds is 5. The van der Waals surface area contributed by atoms with Gasteiger partial charge in [-0.3, -0.25) is 0 Å². The predicted octanol–water partition coefficient (Wildman–Crippen LogP) is 2.32. The number of para-hydroxylation sites is 1. The lowest BCUT2D eigenvalue weighted by molar-refractivity contribution is -0.109. The molecule has 1 aromatic rings. The van der Waals surface area contributed by atoms with Gasteiger partial charge in [-0.2, -0.15) is 0 Å². The highest BCUT2D eigenvalue weighted by Crippen LogP contribution is 2.51. The highest BCUT2D eigenvalue weighted by atomic mass is 16.5. The second kappa shape index (κ2) is 4.16. The first-order valence-electron chi connectivity index (χ1n) is 5.54. The van der Waals surface area contributed by atoms with Gasteiger partial charge in [0.25, 0.3) is 0 Å². The van der Waals surface area contributed by atoms with Gasteiger partial charge in [0.1, 0.15) is 6.29 Å². The molecule has 3 heteroatoms. The third-order valence-corrected chi connectivity index (χ3v) is 3.03. The quantitative estimate of drug-likeness (QED) is 0.714. The van der Waals surface area contributed by atoms with E-state index in [9.17, 15) is 4.79 Å². The van der Waals surface area contributed by atoms with Crippen molar-refractivity contribution in [1.29, 1.82) is 0 Å². The molecule has 0 N–H and O–H groups in total. The third-order valence-electron chi connectivity index (χ3n) is 3.03. The number of methoxy groups -OCH3 is 1. The fraction of sp³-hybridized carbons (Fsp3) is 0.462. The van der Waals surface area contributed by atoms with E-state index in [1.54, 1.807) is 7.11 Å². The zero-order chi connectivity index (χ0) is 11.6. The van der Waals surface area contributed by atoms with Gasteiger partial charge in [-0.1, -0.05) is 12.1 Å². The van der Waals surface area contributed by atoms with Crippen LogP contribution in [0.2, 0.25) is 0 Å². The van der Waals surface area contributed by atoms with Gasteiger partial charge >= 0.3 is 0 Å². The molecule has 0 saturated heterocycles. The molecule has 0 aliphatic heterocycles. The van der Waals surface area contributed by atoms with E-state index in [4.69, 9.17) is 9.47 Å². The van der Waals surface area contributed by atoms with Gasteiger partial charge in [-0.25, -0.2) is 0 Å². The maximum Gasteiger partial charge on any atom is 0.164 e. The molecule has 0 amide bonds. The van der Waals surface area contributed by atoms with Crippen molar-refractivity contribution in [3.63, 3.8) is 0 Å². The smallest absolute Gasteiger partial charge is 0.164 e. The minimum atomic E-state index is -0.321. The van der Waals surface area contributed by atoms with E-state index in [2.05, 4.69) is 0 Å². The normalized spacial score (nSPS) is 16.6. The van der Waals surface area contributed by atoms with Gasteiger partial charge in [0.15, 0.2) is 11.5 Å². The van der Waals surface area contributed by atoms with Crippen molar-refractivity contribution in [3.8, 4) is 11.5 Å². The van der Waals surface area contributed by atoms with Crippen LogP contribution in [-0.4, -0.2) is 20.0 Å². The van der Waals surface area contributed by atoms with Gasteiger partial charge < -0.3 is 14.3 Å². The summed E-state index contributed by atoms with van der Waals surface area (Å²) in [6.45, 7) is 2.52. The van der Waals surface area contributed by atoms with E-state index in [1.165, 1.54) is 0 Å². The average Bonchev–Trinajstić information content (AvgIpc) is 3.10. The standard InChI is InChI=1S/C13H16O3/c1-3-16-11-6-4-5-10(12(11)15-2)13(9-14)7-8-13/h4-6,9H,3,7-8H2,1-2H3. The molecule has 1 aliphatic carbocycles. The number of carbonyl (C=O) groups excluding carboxylic acids is 1. The molecule has 0 spiro atoms. The molecule has 0 heterocycles. The lowest BCUT2D eigenvalue weighted by Gasteiger charge is -2.16. The van der Waals surface area contributed by atoms with Crippen molar-refractivity contribution in [2.75, 3.05) is 13.7 Å². The number of benzene rings is 1. The first-order chi connectivity index (χ1) is 7.77. The van der Waals surface area contributed by atoms with Gasteiger partial charge in [0, 0.05) is 5.56 Å². The Hall–Kier alpha value is -1.51. The number of hydrogen-bond acceptors (Lipinski definition) is 3. The van der Waals surface area contributed by atoms with Crippen LogP contribution in [0.4, 0.5) is 0 Å². The molecular formula is C13H16O3. The third kappa shape index (κ3) is 1.66. The summed E-state index contributed by atoms with van der Waals surface area (Å²) < 4.78 is 10.9. The Morgan fingerprint density at radius 3 is 2.69 bits per heavy atom. The van der Waals surface area contributed by atoms with Gasteiger partial charge in [0.2, 0.25) is 0 Å². The molecular weight excluding hydrogens is 204 g/mol. The van der Waals surface area contributed by atoms with Crippen molar-refractivity contribution in [2.24, 2.45) is 0 Å². The van der Waals surface area contributed by atoms with Crippen molar-refractivity contribution in [2.45, 2.75) is 25.2 Å². The maximum absolute atomic E-state index is 11.1. The topological polar surface area (TPSA) is 35.5 Å². The minimum absolute atomic E-state index is 0.321. The van der Waals surface area contributed by atoms with Crippen molar-refractivity contribution >= 4 is 6.29 Å². The molecule has 1 aliphatic rings. The molecule has 86 valence electrons. The van der Waals surface area contributed by atoms with E-state index >= 15 is 0 Å². The number of hydrogen-bond donors (Lipinski definition) is 0. The molecule has 0 unspecified atom stereocenters. The average molecular weight is 220 g/mol. The van der Waals surface area contributed by atoms with Crippen LogP contribution in [0, 0.1) is 0 Å². The molecule has 1 fully saturated rings.